The molecule has 0 amide bonds. The van der Waals surface area contributed by atoms with E-state index in [1.807, 2.05) is 17.5 Å². The van der Waals surface area contributed by atoms with Crippen LogP contribution in [-0.2, 0) is 6.42 Å². The van der Waals surface area contributed by atoms with E-state index < -0.39 is 5.82 Å². The second-order valence-electron chi connectivity index (χ2n) is 3.98. The number of hydrogen-bond donors (Lipinski definition) is 0. The summed E-state index contributed by atoms with van der Waals surface area (Å²) < 4.78 is 13.5. The Bertz CT molecular complexity index is 537. The number of benzene rings is 1. The summed E-state index contributed by atoms with van der Waals surface area (Å²) in [5.74, 6) is -0.704. The molecule has 0 atom stereocenters. The molecule has 0 aliphatic carbocycles. The van der Waals surface area contributed by atoms with Gasteiger partial charge in [-0.2, -0.15) is 0 Å². The molecule has 2 aromatic rings. The molecule has 18 heavy (non-hydrogen) atoms. The van der Waals surface area contributed by atoms with E-state index in [9.17, 15) is 9.18 Å². The number of hydrogen-bond acceptors (Lipinski definition) is 2. The van der Waals surface area contributed by atoms with E-state index >= 15 is 0 Å². The number of thiophene rings is 1. The number of Topliss-reactive ketones (excluding diaryl/α,β-unsaturated/α-hetero) is 1. The molecule has 1 nitrogen and oxygen atoms in total. The minimum Gasteiger partial charge on any atom is -0.294 e. The van der Waals surface area contributed by atoms with Crippen LogP contribution in [0.25, 0.3) is 0 Å². The molecule has 0 bridgehead atoms. The van der Waals surface area contributed by atoms with Crippen LogP contribution in [0.5, 0.6) is 0 Å². The third-order valence-corrected chi connectivity index (χ3v) is 3.81. The van der Waals surface area contributed by atoms with Crippen molar-refractivity contribution < 1.29 is 9.18 Å². The Morgan fingerprint density at radius 1 is 1.33 bits per heavy atom. The van der Waals surface area contributed by atoms with E-state index in [0.717, 1.165) is 12.8 Å². The average Bonchev–Trinajstić information content (AvgIpc) is 2.81. The topological polar surface area (TPSA) is 17.1 Å². The normalized spacial score (nSPS) is 10.6. The van der Waals surface area contributed by atoms with Gasteiger partial charge in [0.25, 0.3) is 0 Å². The van der Waals surface area contributed by atoms with Gasteiger partial charge in [-0.25, -0.2) is 4.39 Å². The number of carbonyl (C=O) groups excluding carboxylic acids is 1. The lowest BCUT2D eigenvalue weighted by atomic mass is 10.0. The number of aryl methyl sites for hydroxylation is 1. The highest BCUT2D eigenvalue weighted by atomic mass is 35.5. The van der Waals surface area contributed by atoms with Crippen LogP contribution in [-0.4, -0.2) is 5.78 Å². The number of ketones is 1. The molecule has 0 spiro atoms. The fraction of sp³-hybridized carbons (Fsp3) is 0.214. The first-order valence-corrected chi connectivity index (χ1v) is 6.93. The SMILES string of the molecule is O=C(CCCc1cccs1)c1ccc(Cl)cc1F. The molecule has 4 heteroatoms. The van der Waals surface area contributed by atoms with Crippen LogP contribution in [0, 0.1) is 5.82 Å². The Morgan fingerprint density at radius 2 is 2.17 bits per heavy atom. The van der Waals surface area contributed by atoms with Crippen molar-refractivity contribution in [2.24, 2.45) is 0 Å². The Labute approximate surface area is 114 Å². The molecule has 0 fully saturated rings. The molecule has 0 aliphatic rings. The standard InChI is InChI=1S/C14H12ClFOS/c15-10-6-7-12(13(16)9-10)14(17)5-1-3-11-4-2-8-18-11/h2,4,6-9H,1,3,5H2. The van der Waals surface area contributed by atoms with Gasteiger partial charge in [0.15, 0.2) is 5.78 Å². The lowest BCUT2D eigenvalue weighted by Gasteiger charge is -2.02. The maximum absolute atomic E-state index is 13.5. The number of halogens is 2. The second kappa shape index (κ2) is 6.12. The van der Waals surface area contributed by atoms with Gasteiger partial charge in [-0.15, -0.1) is 11.3 Å². The predicted octanol–water partition coefficient (Wildman–Crippen LogP) is 4.75. The summed E-state index contributed by atoms with van der Waals surface area (Å²) >= 11 is 7.32. The summed E-state index contributed by atoms with van der Waals surface area (Å²) in [6, 6.07) is 8.19. The van der Waals surface area contributed by atoms with Crippen molar-refractivity contribution >= 4 is 28.7 Å². The third kappa shape index (κ3) is 3.40. The van der Waals surface area contributed by atoms with Gasteiger partial charge in [0.05, 0.1) is 5.56 Å². The second-order valence-corrected chi connectivity index (χ2v) is 5.45. The van der Waals surface area contributed by atoms with Gasteiger partial charge in [0, 0.05) is 16.3 Å². The van der Waals surface area contributed by atoms with Crippen LogP contribution in [0.15, 0.2) is 35.7 Å². The molecule has 0 N–H and O–H groups in total. The van der Waals surface area contributed by atoms with E-state index in [2.05, 4.69) is 0 Å². The van der Waals surface area contributed by atoms with Crippen molar-refractivity contribution in [1.82, 2.24) is 0 Å². The van der Waals surface area contributed by atoms with Crippen molar-refractivity contribution in [3.8, 4) is 0 Å². The molecule has 94 valence electrons. The zero-order valence-corrected chi connectivity index (χ0v) is 11.2. The quantitative estimate of drug-likeness (QED) is 0.724. The average molecular weight is 283 g/mol. The van der Waals surface area contributed by atoms with E-state index in [1.165, 1.54) is 23.1 Å². The molecule has 0 radical (unpaired) electrons. The first-order chi connectivity index (χ1) is 8.66. The maximum Gasteiger partial charge on any atom is 0.165 e. The van der Waals surface area contributed by atoms with Crippen LogP contribution in [0.4, 0.5) is 4.39 Å². The summed E-state index contributed by atoms with van der Waals surface area (Å²) in [4.78, 5) is 13.1. The third-order valence-electron chi connectivity index (χ3n) is 2.64. The molecule has 0 aliphatic heterocycles. The van der Waals surface area contributed by atoms with Crippen LogP contribution < -0.4 is 0 Å². The fourth-order valence-corrected chi connectivity index (χ4v) is 2.64. The molecule has 1 heterocycles. The van der Waals surface area contributed by atoms with E-state index in [4.69, 9.17) is 11.6 Å². The van der Waals surface area contributed by atoms with E-state index in [-0.39, 0.29) is 11.3 Å². The van der Waals surface area contributed by atoms with Crippen molar-refractivity contribution in [1.29, 1.82) is 0 Å². The zero-order valence-electron chi connectivity index (χ0n) is 9.66. The summed E-state index contributed by atoms with van der Waals surface area (Å²) in [5, 5.41) is 2.32. The lowest BCUT2D eigenvalue weighted by Crippen LogP contribution is -2.02. The fourth-order valence-electron chi connectivity index (χ4n) is 1.73. The van der Waals surface area contributed by atoms with Gasteiger partial charge in [0.2, 0.25) is 0 Å². The lowest BCUT2D eigenvalue weighted by molar-refractivity contribution is 0.0976. The number of rotatable bonds is 5. The Kier molecular flexibility index (Phi) is 4.50. The minimum absolute atomic E-state index is 0.130. The predicted molar refractivity (Wildman–Crippen MR) is 73.0 cm³/mol. The van der Waals surface area contributed by atoms with Gasteiger partial charge in [-0.1, -0.05) is 17.7 Å². The summed E-state index contributed by atoms with van der Waals surface area (Å²) in [5.41, 5.74) is 0.130. The molecular weight excluding hydrogens is 271 g/mol. The summed E-state index contributed by atoms with van der Waals surface area (Å²) in [6.45, 7) is 0. The van der Waals surface area contributed by atoms with E-state index in [1.54, 1.807) is 11.3 Å². The molecule has 0 saturated carbocycles. The highest BCUT2D eigenvalue weighted by molar-refractivity contribution is 7.09. The Balaban J connectivity index is 1.91. The van der Waals surface area contributed by atoms with Crippen molar-refractivity contribution in [2.75, 3.05) is 0 Å². The van der Waals surface area contributed by atoms with Gasteiger partial charge < -0.3 is 0 Å². The largest absolute Gasteiger partial charge is 0.294 e. The molecule has 2 rings (SSSR count). The van der Waals surface area contributed by atoms with Gasteiger partial charge >= 0.3 is 0 Å². The Hall–Kier alpha value is -1.19. The van der Waals surface area contributed by atoms with Crippen molar-refractivity contribution in [2.45, 2.75) is 19.3 Å². The van der Waals surface area contributed by atoms with Crippen LogP contribution in [0.2, 0.25) is 5.02 Å². The maximum atomic E-state index is 13.5. The molecule has 0 unspecified atom stereocenters. The summed E-state index contributed by atoms with van der Waals surface area (Å²) in [6.07, 6.45) is 1.95. The first-order valence-electron chi connectivity index (χ1n) is 5.67. The van der Waals surface area contributed by atoms with Gasteiger partial charge in [0.1, 0.15) is 5.82 Å². The molecule has 1 aromatic carbocycles. The summed E-state index contributed by atoms with van der Waals surface area (Å²) in [7, 11) is 0. The smallest absolute Gasteiger partial charge is 0.165 e. The highest BCUT2D eigenvalue weighted by Gasteiger charge is 2.11. The highest BCUT2D eigenvalue weighted by Crippen LogP contribution is 2.18. The Morgan fingerprint density at radius 3 is 2.83 bits per heavy atom. The molecule has 1 aromatic heterocycles. The first kappa shape index (κ1) is 13.2. The zero-order chi connectivity index (χ0) is 13.0. The molecule has 0 saturated heterocycles. The number of carbonyl (C=O) groups is 1. The minimum atomic E-state index is -0.538. The monoisotopic (exact) mass is 282 g/mol. The molecular formula is C14H12ClFOS. The van der Waals surface area contributed by atoms with Crippen molar-refractivity contribution in [3.63, 3.8) is 0 Å². The van der Waals surface area contributed by atoms with Gasteiger partial charge in [-0.05, 0) is 42.5 Å². The van der Waals surface area contributed by atoms with E-state index in [0.29, 0.717) is 11.4 Å². The van der Waals surface area contributed by atoms with Crippen LogP contribution >= 0.6 is 22.9 Å². The van der Waals surface area contributed by atoms with Crippen molar-refractivity contribution in [3.05, 3.63) is 57.0 Å². The van der Waals surface area contributed by atoms with Crippen LogP contribution in [0.3, 0.4) is 0 Å². The van der Waals surface area contributed by atoms with Gasteiger partial charge in [-0.3, -0.25) is 4.79 Å². The van der Waals surface area contributed by atoms with Crippen LogP contribution in [0.1, 0.15) is 28.1 Å².